The van der Waals surface area contributed by atoms with Gasteiger partial charge in [-0.15, -0.1) is 11.3 Å². The number of carbonyl (C=O) groups is 1. The van der Waals surface area contributed by atoms with Gasteiger partial charge in [0.15, 0.2) is 0 Å². The summed E-state index contributed by atoms with van der Waals surface area (Å²) in [5, 5.41) is 5.27. The van der Waals surface area contributed by atoms with Crippen molar-refractivity contribution in [2.45, 2.75) is 12.5 Å². The minimum absolute atomic E-state index is 0.0244. The van der Waals surface area contributed by atoms with Gasteiger partial charge in [0, 0.05) is 49.4 Å². The molecule has 1 N–H and O–H groups in total. The van der Waals surface area contributed by atoms with E-state index in [0.717, 1.165) is 30.2 Å². The van der Waals surface area contributed by atoms with E-state index in [0.29, 0.717) is 18.7 Å². The number of nitrogens with one attached hydrogen (secondary N) is 1. The van der Waals surface area contributed by atoms with Crippen molar-refractivity contribution in [3.05, 3.63) is 70.5 Å². The Balaban J connectivity index is 1.59. The van der Waals surface area contributed by atoms with Gasteiger partial charge in [-0.25, -0.2) is 4.98 Å². The number of hydrogen-bond donors (Lipinski definition) is 1. The summed E-state index contributed by atoms with van der Waals surface area (Å²) < 4.78 is 6.36. The molecule has 7 heteroatoms. The molecule has 0 bridgehead atoms. The van der Waals surface area contributed by atoms with E-state index in [9.17, 15) is 4.79 Å². The fourth-order valence-corrected chi connectivity index (χ4v) is 4.40. The summed E-state index contributed by atoms with van der Waals surface area (Å²) >= 11 is 1.70. The molecule has 1 amide bonds. The summed E-state index contributed by atoms with van der Waals surface area (Å²) in [5.74, 6) is 1.45. The molecule has 0 saturated carbocycles. The molecule has 156 valence electrons. The molecule has 30 heavy (non-hydrogen) atoms. The van der Waals surface area contributed by atoms with Crippen LogP contribution in [0.3, 0.4) is 0 Å². The number of benzene rings is 1. The number of nitrogens with zero attached hydrogens (tertiary/aromatic N) is 3. The molecule has 0 radical (unpaired) electrons. The number of rotatable bonds is 7. The van der Waals surface area contributed by atoms with Crippen molar-refractivity contribution in [3.63, 3.8) is 0 Å². The van der Waals surface area contributed by atoms with Gasteiger partial charge >= 0.3 is 0 Å². The van der Waals surface area contributed by atoms with Crippen LogP contribution in [0.2, 0.25) is 0 Å². The Bertz CT molecular complexity index is 992. The maximum absolute atomic E-state index is 13.3. The highest BCUT2D eigenvalue weighted by Crippen LogP contribution is 2.31. The van der Waals surface area contributed by atoms with E-state index in [2.05, 4.69) is 21.7 Å². The minimum Gasteiger partial charge on any atom is -0.485 e. The average molecular weight is 423 g/mol. The van der Waals surface area contributed by atoms with Gasteiger partial charge in [0.05, 0.1) is 5.56 Å². The molecule has 0 aliphatic carbocycles. The van der Waals surface area contributed by atoms with E-state index in [1.165, 1.54) is 4.88 Å². The predicted octanol–water partition coefficient (Wildman–Crippen LogP) is 3.97. The number of ether oxygens (including phenoxy) is 1. The molecule has 1 aliphatic heterocycles. The molecular weight excluding hydrogens is 396 g/mol. The van der Waals surface area contributed by atoms with Crippen LogP contribution in [0.5, 0.6) is 5.75 Å². The van der Waals surface area contributed by atoms with E-state index < -0.39 is 0 Å². The topological polar surface area (TPSA) is 57.7 Å². The molecule has 6 nitrogen and oxygen atoms in total. The number of fused-ring (bicyclic) bond motifs is 1. The van der Waals surface area contributed by atoms with Crippen molar-refractivity contribution in [1.29, 1.82) is 0 Å². The highest BCUT2D eigenvalue weighted by molar-refractivity contribution is 7.10. The predicted molar refractivity (Wildman–Crippen MR) is 122 cm³/mol. The van der Waals surface area contributed by atoms with Crippen LogP contribution in [0.1, 0.15) is 27.8 Å². The first-order valence-corrected chi connectivity index (χ1v) is 11.0. The fraction of sp³-hybridized carbons (Fsp3) is 0.304. The number of anilines is 2. The lowest BCUT2D eigenvalue weighted by Gasteiger charge is -2.23. The van der Waals surface area contributed by atoms with Gasteiger partial charge in [0.25, 0.3) is 5.91 Å². The Kier molecular flexibility index (Phi) is 6.30. The van der Waals surface area contributed by atoms with Crippen LogP contribution in [0.4, 0.5) is 11.5 Å². The van der Waals surface area contributed by atoms with Gasteiger partial charge in [-0.2, -0.15) is 0 Å². The van der Waals surface area contributed by atoms with Crippen LogP contribution in [-0.4, -0.2) is 44.6 Å². The first-order chi connectivity index (χ1) is 14.7. The van der Waals surface area contributed by atoms with Gasteiger partial charge < -0.3 is 19.9 Å². The van der Waals surface area contributed by atoms with Crippen LogP contribution in [0.25, 0.3) is 0 Å². The number of pyridine rings is 1. The van der Waals surface area contributed by atoms with Gasteiger partial charge in [-0.1, -0.05) is 12.1 Å². The molecular formula is C23H26N4O2S. The lowest BCUT2D eigenvalue weighted by atomic mass is 10.2. The van der Waals surface area contributed by atoms with E-state index in [-0.39, 0.29) is 12.0 Å². The van der Waals surface area contributed by atoms with Crippen molar-refractivity contribution in [3.8, 4) is 5.75 Å². The van der Waals surface area contributed by atoms with E-state index in [1.807, 2.05) is 60.3 Å². The molecule has 1 atom stereocenters. The summed E-state index contributed by atoms with van der Waals surface area (Å²) in [6, 6.07) is 15.6. The highest BCUT2D eigenvalue weighted by Gasteiger charge is 2.27. The fourth-order valence-electron chi connectivity index (χ4n) is 3.62. The maximum atomic E-state index is 13.3. The summed E-state index contributed by atoms with van der Waals surface area (Å²) in [6.45, 7) is 2.16. The van der Waals surface area contributed by atoms with Crippen LogP contribution in [0.15, 0.2) is 60.1 Å². The summed E-state index contributed by atoms with van der Waals surface area (Å²) in [5.41, 5.74) is 1.45. The zero-order chi connectivity index (χ0) is 20.9. The maximum Gasteiger partial charge on any atom is 0.262 e. The van der Waals surface area contributed by atoms with Gasteiger partial charge in [0.1, 0.15) is 17.7 Å². The third kappa shape index (κ3) is 4.32. The number of aromatic nitrogens is 1. The molecule has 0 unspecified atom stereocenters. The van der Waals surface area contributed by atoms with Crippen LogP contribution < -0.4 is 19.9 Å². The lowest BCUT2D eigenvalue weighted by molar-refractivity contribution is 0.0990. The molecule has 3 aromatic rings. The minimum atomic E-state index is -0.0374. The number of amides is 1. The van der Waals surface area contributed by atoms with E-state index in [4.69, 9.17) is 4.74 Å². The van der Waals surface area contributed by atoms with E-state index >= 15 is 0 Å². The number of likely N-dealkylation sites (N-methyl/N-ethyl adjacent to an activating group) is 1. The molecule has 3 heterocycles. The van der Waals surface area contributed by atoms with Crippen LogP contribution in [0, 0.1) is 0 Å². The molecule has 2 aromatic heterocycles. The second-order valence-corrected chi connectivity index (χ2v) is 8.24. The monoisotopic (exact) mass is 422 g/mol. The van der Waals surface area contributed by atoms with Crippen LogP contribution >= 0.6 is 11.3 Å². The summed E-state index contributed by atoms with van der Waals surface area (Å²) in [7, 11) is 3.91. The summed E-state index contributed by atoms with van der Waals surface area (Å²) in [6.07, 6.45) is 2.57. The van der Waals surface area contributed by atoms with Gasteiger partial charge in [-0.05, 0) is 49.3 Å². The largest absolute Gasteiger partial charge is 0.485 e. The Morgan fingerprint density at radius 2 is 2.10 bits per heavy atom. The van der Waals surface area contributed by atoms with Crippen molar-refractivity contribution >= 4 is 28.7 Å². The van der Waals surface area contributed by atoms with E-state index in [1.54, 1.807) is 23.6 Å². The zero-order valence-corrected chi connectivity index (χ0v) is 18.1. The van der Waals surface area contributed by atoms with Crippen molar-refractivity contribution in [2.24, 2.45) is 0 Å². The second kappa shape index (κ2) is 9.28. The molecule has 4 rings (SSSR count). The smallest absolute Gasteiger partial charge is 0.262 e. The number of thiophene rings is 1. The first kappa shape index (κ1) is 20.4. The standard InChI is InChI=1S/C23H26N4O2S/c1-24-12-10-20(21-9-5-15-30-21)29-18-7-3-6-17(16-18)27-14-13-26(2)22-19(23(27)28)8-4-11-25-22/h3-9,11,15-16,20,24H,10,12-14H2,1-2H3/t20-/m1/s1. The quantitative estimate of drug-likeness (QED) is 0.624. The number of carbonyl (C=O) groups excluding carboxylic acids is 1. The molecule has 0 fully saturated rings. The molecule has 1 aromatic carbocycles. The Morgan fingerprint density at radius 3 is 2.90 bits per heavy atom. The second-order valence-electron chi connectivity index (χ2n) is 7.26. The third-order valence-electron chi connectivity index (χ3n) is 5.21. The first-order valence-electron chi connectivity index (χ1n) is 10.1. The van der Waals surface area contributed by atoms with Crippen molar-refractivity contribution in [1.82, 2.24) is 10.3 Å². The molecule has 1 aliphatic rings. The SMILES string of the molecule is CNCC[C@@H](Oc1cccc(N2CCN(C)c3ncccc3C2=O)c1)c1cccs1. The third-order valence-corrected chi connectivity index (χ3v) is 6.17. The normalized spacial score (nSPS) is 14.9. The lowest BCUT2D eigenvalue weighted by Crippen LogP contribution is -2.33. The molecule has 0 saturated heterocycles. The van der Waals surface area contributed by atoms with Crippen molar-refractivity contribution in [2.75, 3.05) is 43.5 Å². The van der Waals surface area contributed by atoms with Crippen molar-refractivity contribution < 1.29 is 9.53 Å². The average Bonchev–Trinajstić information content (AvgIpc) is 3.27. The van der Waals surface area contributed by atoms with Gasteiger partial charge in [0.2, 0.25) is 0 Å². The Labute approximate surface area is 181 Å². The Hall–Kier alpha value is -2.90. The zero-order valence-electron chi connectivity index (χ0n) is 17.2. The summed E-state index contributed by atoms with van der Waals surface area (Å²) in [4.78, 5) is 22.7. The van der Waals surface area contributed by atoms with Crippen LogP contribution in [-0.2, 0) is 0 Å². The number of hydrogen-bond acceptors (Lipinski definition) is 6. The highest BCUT2D eigenvalue weighted by atomic mass is 32.1. The Morgan fingerprint density at radius 1 is 1.20 bits per heavy atom. The molecule has 0 spiro atoms. The van der Waals surface area contributed by atoms with Gasteiger partial charge in [-0.3, -0.25) is 4.79 Å².